The molecule has 0 bridgehead atoms. The Morgan fingerprint density at radius 2 is 1.50 bits per heavy atom. The molecule has 0 radical (unpaired) electrons. The Kier molecular flexibility index (Phi) is 14.7. The zero-order valence-electron chi connectivity index (χ0n) is 13.8. The van der Waals surface area contributed by atoms with Crippen molar-refractivity contribution < 1.29 is 19.4 Å². The summed E-state index contributed by atoms with van der Waals surface area (Å²) < 4.78 is 5.01. The Bertz CT molecular complexity index is 345. The van der Waals surface area contributed by atoms with Crippen LogP contribution in [-0.2, 0) is 14.3 Å². The SMILES string of the molecule is CCCCCCCCCCCC(=O)OCC=CC=CC(=O)O. The van der Waals surface area contributed by atoms with Gasteiger partial charge in [-0.15, -0.1) is 0 Å². The van der Waals surface area contributed by atoms with Crippen molar-refractivity contribution in [2.75, 3.05) is 6.61 Å². The lowest BCUT2D eigenvalue weighted by Crippen LogP contribution is -2.03. The number of aliphatic carboxylic acids is 1. The van der Waals surface area contributed by atoms with Gasteiger partial charge >= 0.3 is 11.9 Å². The molecule has 1 N–H and O–H groups in total. The number of esters is 1. The summed E-state index contributed by atoms with van der Waals surface area (Å²) >= 11 is 0. The fourth-order valence-electron chi connectivity index (χ4n) is 2.07. The molecule has 0 fully saturated rings. The summed E-state index contributed by atoms with van der Waals surface area (Å²) in [6, 6.07) is 0. The van der Waals surface area contributed by atoms with Gasteiger partial charge in [-0.3, -0.25) is 4.79 Å². The molecule has 0 heterocycles. The van der Waals surface area contributed by atoms with Gasteiger partial charge in [0.25, 0.3) is 0 Å². The average Bonchev–Trinajstić information content (AvgIpc) is 2.48. The maximum absolute atomic E-state index is 11.4. The van der Waals surface area contributed by atoms with Crippen LogP contribution >= 0.6 is 0 Å². The number of ether oxygens (including phenoxy) is 1. The first-order chi connectivity index (χ1) is 10.7. The summed E-state index contributed by atoms with van der Waals surface area (Å²) in [4.78, 5) is 21.6. The Morgan fingerprint density at radius 3 is 2.09 bits per heavy atom. The quantitative estimate of drug-likeness (QED) is 0.219. The highest BCUT2D eigenvalue weighted by atomic mass is 16.5. The molecule has 0 unspecified atom stereocenters. The van der Waals surface area contributed by atoms with Crippen LogP contribution in [0, 0.1) is 0 Å². The number of allylic oxidation sites excluding steroid dienone is 2. The standard InChI is InChI=1S/C18H30O4/c1-2-3-4-5-6-7-8-9-12-15-18(21)22-16-13-10-11-14-17(19)20/h10-11,13-14H,2-9,12,15-16H2,1H3,(H,19,20). The number of hydrogen-bond acceptors (Lipinski definition) is 3. The molecular formula is C18H30O4. The number of carbonyl (C=O) groups is 2. The summed E-state index contributed by atoms with van der Waals surface area (Å²) in [5.41, 5.74) is 0. The topological polar surface area (TPSA) is 63.6 Å². The minimum atomic E-state index is -0.994. The maximum Gasteiger partial charge on any atom is 0.328 e. The lowest BCUT2D eigenvalue weighted by atomic mass is 10.1. The van der Waals surface area contributed by atoms with E-state index in [0.29, 0.717) is 6.42 Å². The van der Waals surface area contributed by atoms with E-state index in [9.17, 15) is 9.59 Å². The number of carbonyl (C=O) groups excluding carboxylic acids is 1. The van der Waals surface area contributed by atoms with Crippen LogP contribution in [0.3, 0.4) is 0 Å². The smallest absolute Gasteiger partial charge is 0.328 e. The molecule has 0 aliphatic carbocycles. The van der Waals surface area contributed by atoms with Crippen molar-refractivity contribution in [2.24, 2.45) is 0 Å². The van der Waals surface area contributed by atoms with E-state index < -0.39 is 5.97 Å². The molecule has 4 nitrogen and oxygen atoms in total. The Hall–Kier alpha value is -1.58. The summed E-state index contributed by atoms with van der Waals surface area (Å²) in [7, 11) is 0. The van der Waals surface area contributed by atoms with E-state index >= 15 is 0 Å². The van der Waals surface area contributed by atoms with Crippen LogP contribution in [0.25, 0.3) is 0 Å². The molecule has 0 saturated heterocycles. The second-order valence-electron chi connectivity index (χ2n) is 5.39. The number of carboxylic acids is 1. The van der Waals surface area contributed by atoms with Crippen LogP contribution in [0.4, 0.5) is 0 Å². The number of hydrogen-bond donors (Lipinski definition) is 1. The minimum Gasteiger partial charge on any atom is -0.478 e. The molecule has 0 aliphatic heterocycles. The summed E-state index contributed by atoms with van der Waals surface area (Å²) in [5, 5.41) is 8.36. The van der Waals surface area contributed by atoms with Gasteiger partial charge in [0.1, 0.15) is 6.61 Å². The van der Waals surface area contributed by atoms with Gasteiger partial charge in [-0.25, -0.2) is 4.79 Å². The average molecular weight is 310 g/mol. The van der Waals surface area contributed by atoms with E-state index in [1.165, 1.54) is 51.0 Å². The van der Waals surface area contributed by atoms with E-state index in [4.69, 9.17) is 9.84 Å². The van der Waals surface area contributed by atoms with Gasteiger partial charge in [0, 0.05) is 12.5 Å². The molecule has 0 amide bonds. The molecule has 126 valence electrons. The van der Waals surface area contributed by atoms with Crippen molar-refractivity contribution in [1.29, 1.82) is 0 Å². The van der Waals surface area contributed by atoms with Gasteiger partial charge in [-0.05, 0) is 12.5 Å². The van der Waals surface area contributed by atoms with E-state index in [1.54, 1.807) is 12.2 Å². The van der Waals surface area contributed by atoms with Crippen LogP contribution in [0.2, 0.25) is 0 Å². The molecule has 0 saturated carbocycles. The van der Waals surface area contributed by atoms with E-state index in [2.05, 4.69) is 6.92 Å². The number of carboxylic acid groups (broad SMARTS) is 1. The largest absolute Gasteiger partial charge is 0.478 e. The maximum atomic E-state index is 11.4. The van der Waals surface area contributed by atoms with Crippen molar-refractivity contribution in [3.63, 3.8) is 0 Å². The predicted octanol–water partition coefficient (Wildman–Crippen LogP) is 4.65. The molecule has 0 aromatic heterocycles. The van der Waals surface area contributed by atoms with E-state index in [-0.39, 0.29) is 12.6 Å². The van der Waals surface area contributed by atoms with Crippen molar-refractivity contribution >= 4 is 11.9 Å². The van der Waals surface area contributed by atoms with Gasteiger partial charge in [0.05, 0.1) is 0 Å². The molecule has 0 aromatic rings. The Morgan fingerprint density at radius 1 is 0.909 bits per heavy atom. The number of unbranched alkanes of at least 4 members (excludes halogenated alkanes) is 8. The lowest BCUT2D eigenvalue weighted by Gasteiger charge is -2.03. The third-order valence-corrected chi connectivity index (χ3v) is 3.31. The highest BCUT2D eigenvalue weighted by molar-refractivity contribution is 5.80. The zero-order valence-corrected chi connectivity index (χ0v) is 13.8. The molecule has 0 atom stereocenters. The summed E-state index contributed by atoms with van der Waals surface area (Å²) in [5.74, 6) is -1.18. The van der Waals surface area contributed by atoms with Crippen LogP contribution in [0.1, 0.15) is 71.1 Å². The summed E-state index contributed by atoms with van der Waals surface area (Å²) in [6.45, 7) is 2.42. The molecule has 0 spiro atoms. The second-order valence-corrected chi connectivity index (χ2v) is 5.39. The van der Waals surface area contributed by atoms with E-state index in [0.717, 1.165) is 18.9 Å². The fourth-order valence-corrected chi connectivity index (χ4v) is 2.07. The fraction of sp³-hybridized carbons (Fsp3) is 0.667. The van der Waals surface area contributed by atoms with Crippen LogP contribution in [-0.4, -0.2) is 23.7 Å². The monoisotopic (exact) mass is 310 g/mol. The summed E-state index contributed by atoms with van der Waals surface area (Å²) in [6.07, 6.45) is 17.1. The molecule has 0 rings (SSSR count). The first-order valence-corrected chi connectivity index (χ1v) is 8.38. The molecular weight excluding hydrogens is 280 g/mol. The van der Waals surface area contributed by atoms with Gasteiger partial charge in [0.15, 0.2) is 0 Å². The Labute approximate surface area is 134 Å². The van der Waals surface area contributed by atoms with Crippen molar-refractivity contribution in [3.05, 3.63) is 24.3 Å². The van der Waals surface area contributed by atoms with Gasteiger partial charge in [0.2, 0.25) is 0 Å². The van der Waals surface area contributed by atoms with E-state index in [1.807, 2.05) is 0 Å². The van der Waals surface area contributed by atoms with Gasteiger partial charge in [-0.1, -0.05) is 70.4 Å². The van der Waals surface area contributed by atoms with Crippen LogP contribution in [0.15, 0.2) is 24.3 Å². The third kappa shape index (κ3) is 16.5. The van der Waals surface area contributed by atoms with Crippen molar-refractivity contribution in [3.8, 4) is 0 Å². The molecule has 22 heavy (non-hydrogen) atoms. The number of rotatable bonds is 14. The highest BCUT2D eigenvalue weighted by Gasteiger charge is 2.01. The first kappa shape index (κ1) is 20.4. The van der Waals surface area contributed by atoms with Gasteiger partial charge < -0.3 is 9.84 Å². The molecule has 0 aromatic carbocycles. The van der Waals surface area contributed by atoms with Crippen molar-refractivity contribution in [1.82, 2.24) is 0 Å². The van der Waals surface area contributed by atoms with Crippen LogP contribution in [0.5, 0.6) is 0 Å². The first-order valence-electron chi connectivity index (χ1n) is 8.38. The molecule has 0 aliphatic rings. The van der Waals surface area contributed by atoms with Crippen LogP contribution < -0.4 is 0 Å². The predicted molar refractivity (Wildman–Crippen MR) is 88.7 cm³/mol. The molecule has 4 heteroatoms. The third-order valence-electron chi connectivity index (χ3n) is 3.31. The minimum absolute atomic E-state index is 0.185. The van der Waals surface area contributed by atoms with Gasteiger partial charge in [-0.2, -0.15) is 0 Å². The van der Waals surface area contributed by atoms with Crippen molar-refractivity contribution in [2.45, 2.75) is 71.1 Å². The lowest BCUT2D eigenvalue weighted by molar-refractivity contribution is -0.142. The zero-order chi connectivity index (χ0) is 16.5. The Balaban J connectivity index is 3.34. The normalized spacial score (nSPS) is 11.3. The highest BCUT2D eigenvalue weighted by Crippen LogP contribution is 2.10. The second kappa shape index (κ2) is 15.8.